The minimum atomic E-state index is -3.48. The summed E-state index contributed by atoms with van der Waals surface area (Å²) in [5.41, 5.74) is 7.78. The molecule has 0 atom stereocenters. The van der Waals surface area contributed by atoms with Crippen LogP contribution in [0, 0.1) is 13.8 Å². The maximum Gasteiger partial charge on any atom is 0.243 e. The molecule has 1 aliphatic carbocycles. The number of rotatable bonds is 3. The fourth-order valence-electron chi connectivity index (χ4n) is 1.97. The molecule has 0 aliphatic heterocycles. The molecule has 0 amide bonds. The highest BCUT2D eigenvalue weighted by molar-refractivity contribution is 7.89. The van der Waals surface area contributed by atoms with Crippen molar-refractivity contribution < 1.29 is 8.42 Å². The molecule has 0 heterocycles. The first-order valence-electron chi connectivity index (χ1n) is 5.80. The molecule has 17 heavy (non-hydrogen) atoms. The first-order valence-corrected chi connectivity index (χ1v) is 7.28. The minimum Gasteiger partial charge on any atom is -0.398 e. The highest BCUT2D eigenvalue weighted by Crippen LogP contribution is 2.27. The van der Waals surface area contributed by atoms with Gasteiger partial charge in [-0.25, -0.2) is 13.1 Å². The van der Waals surface area contributed by atoms with Crippen LogP contribution in [0.3, 0.4) is 0 Å². The van der Waals surface area contributed by atoms with Gasteiger partial charge in [0.05, 0.1) is 5.69 Å². The SMILES string of the molecule is Cc1ccc(N)c(S(=O)(=O)NC2CCC2)c1C. The van der Waals surface area contributed by atoms with Gasteiger partial charge in [-0.1, -0.05) is 12.5 Å². The smallest absolute Gasteiger partial charge is 0.243 e. The maximum atomic E-state index is 12.2. The van der Waals surface area contributed by atoms with Crippen LogP contribution in [0.15, 0.2) is 17.0 Å². The molecule has 0 bridgehead atoms. The van der Waals surface area contributed by atoms with E-state index in [1.165, 1.54) is 0 Å². The van der Waals surface area contributed by atoms with Gasteiger partial charge in [0, 0.05) is 6.04 Å². The molecule has 0 saturated heterocycles. The van der Waals surface area contributed by atoms with E-state index >= 15 is 0 Å². The lowest BCUT2D eigenvalue weighted by Crippen LogP contribution is -2.39. The third-order valence-electron chi connectivity index (χ3n) is 3.40. The number of anilines is 1. The van der Waals surface area contributed by atoms with Crippen LogP contribution in [0.1, 0.15) is 30.4 Å². The van der Waals surface area contributed by atoms with E-state index in [1.807, 2.05) is 13.0 Å². The summed E-state index contributed by atoms with van der Waals surface area (Å²) in [5.74, 6) is 0. The van der Waals surface area contributed by atoms with Crippen LogP contribution in [0.4, 0.5) is 5.69 Å². The number of hydrogen-bond acceptors (Lipinski definition) is 3. The molecule has 1 aliphatic rings. The summed E-state index contributed by atoms with van der Waals surface area (Å²) in [4.78, 5) is 0.240. The summed E-state index contributed by atoms with van der Waals surface area (Å²) < 4.78 is 27.2. The summed E-state index contributed by atoms with van der Waals surface area (Å²) in [7, 11) is -3.48. The Labute approximate surface area is 102 Å². The first-order chi connectivity index (χ1) is 7.92. The number of nitrogens with one attached hydrogen (secondary N) is 1. The van der Waals surface area contributed by atoms with E-state index in [0.717, 1.165) is 30.4 Å². The highest BCUT2D eigenvalue weighted by atomic mass is 32.2. The summed E-state index contributed by atoms with van der Waals surface area (Å²) in [6, 6.07) is 3.57. The zero-order chi connectivity index (χ0) is 12.6. The summed E-state index contributed by atoms with van der Waals surface area (Å²) in [5, 5.41) is 0. The van der Waals surface area contributed by atoms with Crippen LogP contribution in [-0.2, 0) is 10.0 Å². The average molecular weight is 254 g/mol. The van der Waals surface area contributed by atoms with Crippen molar-refractivity contribution in [3.63, 3.8) is 0 Å². The number of nitrogen functional groups attached to an aromatic ring is 1. The summed E-state index contributed by atoms with van der Waals surface area (Å²) in [6.45, 7) is 3.68. The molecular formula is C12H18N2O2S. The number of hydrogen-bond donors (Lipinski definition) is 2. The molecule has 1 saturated carbocycles. The van der Waals surface area contributed by atoms with Crippen molar-refractivity contribution >= 4 is 15.7 Å². The Kier molecular flexibility index (Phi) is 3.14. The lowest BCUT2D eigenvalue weighted by atomic mass is 9.94. The Balaban J connectivity index is 2.41. The van der Waals surface area contributed by atoms with Gasteiger partial charge in [0.2, 0.25) is 10.0 Å². The van der Waals surface area contributed by atoms with Crippen LogP contribution in [0.5, 0.6) is 0 Å². The predicted octanol–water partition coefficient (Wildman–Crippen LogP) is 1.72. The van der Waals surface area contributed by atoms with E-state index < -0.39 is 10.0 Å². The lowest BCUT2D eigenvalue weighted by Gasteiger charge is -2.27. The standard InChI is InChI=1S/C12H18N2O2S/c1-8-6-7-11(13)12(9(8)2)17(15,16)14-10-4-3-5-10/h6-7,10,14H,3-5,13H2,1-2H3. The number of nitrogens with two attached hydrogens (primary N) is 1. The lowest BCUT2D eigenvalue weighted by molar-refractivity contribution is 0.383. The van der Waals surface area contributed by atoms with Crippen molar-refractivity contribution in [2.24, 2.45) is 0 Å². The van der Waals surface area contributed by atoms with Gasteiger partial charge >= 0.3 is 0 Å². The van der Waals surface area contributed by atoms with Gasteiger partial charge in [0.15, 0.2) is 0 Å². The van der Waals surface area contributed by atoms with Crippen molar-refractivity contribution in [2.75, 3.05) is 5.73 Å². The zero-order valence-electron chi connectivity index (χ0n) is 10.2. The number of sulfonamides is 1. The molecule has 1 aromatic carbocycles. The Hall–Kier alpha value is -1.07. The summed E-state index contributed by atoms with van der Waals surface area (Å²) in [6.07, 6.45) is 2.93. The molecule has 1 fully saturated rings. The predicted molar refractivity (Wildman–Crippen MR) is 68.3 cm³/mol. The molecule has 0 aromatic heterocycles. The Morgan fingerprint density at radius 1 is 1.29 bits per heavy atom. The molecule has 0 spiro atoms. The number of aryl methyl sites for hydroxylation is 1. The van der Waals surface area contributed by atoms with Gasteiger partial charge in [-0.2, -0.15) is 0 Å². The van der Waals surface area contributed by atoms with E-state index in [4.69, 9.17) is 5.73 Å². The zero-order valence-corrected chi connectivity index (χ0v) is 11.0. The second-order valence-electron chi connectivity index (χ2n) is 4.67. The van der Waals surface area contributed by atoms with E-state index in [9.17, 15) is 8.42 Å². The minimum absolute atomic E-state index is 0.0827. The van der Waals surface area contributed by atoms with Gasteiger partial charge in [-0.15, -0.1) is 0 Å². The van der Waals surface area contributed by atoms with Gasteiger partial charge in [-0.3, -0.25) is 0 Å². The Bertz CT molecular complexity index is 534. The van der Waals surface area contributed by atoms with E-state index in [-0.39, 0.29) is 10.9 Å². The molecule has 1 aromatic rings. The van der Waals surface area contributed by atoms with Crippen molar-refractivity contribution in [1.82, 2.24) is 4.72 Å². The fourth-order valence-corrected chi connectivity index (χ4v) is 3.71. The quantitative estimate of drug-likeness (QED) is 0.807. The molecule has 0 unspecified atom stereocenters. The van der Waals surface area contributed by atoms with E-state index in [0.29, 0.717) is 5.69 Å². The van der Waals surface area contributed by atoms with Crippen molar-refractivity contribution in [1.29, 1.82) is 0 Å². The second kappa shape index (κ2) is 4.31. The van der Waals surface area contributed by atoms with Crippen molar-refractivity contribution in [3.05, 3.63) is 23.3 Å². The maximum absolute atomic E-state index is 12.2. The molecule has 3 N–H and O–H groups in total. The molecule has 5 heteroatoms. The largest absolute Gasteiger partial charge is 0.398 e. The van der Waals surface area contributed by atoms with E-state index in [1.54, 1.807) is 13.0 Å². The molecule has 4 nitrogen and oxygen atoms in total. The molecule has 94 valence electrons. The van der Waals surface area contributed by atoms with Crippen LogP contribution >= 0.6 is 0 Å². The summed E-state index contributed by atoms with van der Waals surface area (Å²) >= 11 is 0. The topological polar surface area (TPSA) is 72.2 Å². The molecule has 0 radical (unpaired) electrons. The van der Waals surface area contributed by atoms with Crippen LogP contribution < -0.4 is 10.5 Å². The first kappa shape index (κ1) is 12.4. The third kappa shape index (κ3) is 2.30. The third-order valence-corrected chi connectivity index (χ3v) is 5.13. The normalized spacial score (nSPS) is 16.8. The van der Waals surface area contributed by atoms with Crippen LogP contribution in [-0.4, -0.2) is 14.5 Å². The second-order valence-corrected chi connectivity index (χ2v) is 6.33. The van der Waals surface area contributed by atoms with Gasteiger partial charge in [0.25, 0.3) is 0 Å². The average Bonchev–Trinajstić information content (AvgIpc) is 2.18. The Morgan fingerprint density at radius 3 is 2.47 bits per heavy atom. The van der Waals surface area contributed by atoms with Gasteiger partial charge in [0.1, 0.15) is 4.90 Å². The van der Waals surface area contributed by atoms with Crippen LogP contribution in [0.2, 0.25) is 0 Å². The van der Waals surface area contributed by atoms with Gasteiger partial charge < -0.3 is 5.73 Å². The Morgan fingerprint density at radius 2 is 1.94 bits per heavy atom. The number of benzene rings is 1. The van der Waals surface area contributed by atoms with E-state index in [2.05, 4.69) is 4.72 Å². The van der Waals surface area contributed by atoms with Crippen LogP contribution in [0.25, 0.3) is 0 Å². The monoisotopic (exact) mass is 254 g/mol. The van der Waals surface area contributed by atoms with Crippen molar-refractivity contribution in [3.8, 4) is 0 Å². The molecule has 2 rings (SSSR count). The van der Waals surface area contributed by atoms with Crippen molar-refractivity contribution in [2.45, 2.75) is 44.0 Å². The fraction of sp³-hybridized carbons (Fsp3) is 0.500. The highest BCUT2D eigenvalue weighted by Gasteiger charge is 2.27. The van der Waals surface area contributed by atoms with Gasteiger partial charge in [-0.05, 0) is 43.9 Å². The molecular weight excluding hydrogens is 236 g/mol.